The maximum Gasteiger partial charge on any atom is 0.261 e. The van der Waals surface area contributed by atoms with Crippen LogP contribution in [-0.4, -0.2) is 35.9 Å². The first-order chi connectivity index (χ1) is 18.3. The van der Waals surface area contributed by atoms with Crippen LogP contribution in [0.25, 0.3) is 0 Å². The van der Waals surface area contributed by atoms with Gasteiger partial charge in [0, 0.05) is 19.5 Å². The highest BCUT2D eigenvalue weighted by molar-refractivity contribution is 9.10. The summed E-state index contributed by atoms with van der Waals surface area (Å²) in [5.74, 6) is 0.605. The van der Waals surface area contributed by atoms with Crippen LogP contribution in [0.1, 0.15) is 61.8 Å². The highest BCUT2D eigenvalue weighted by Crippen LogP contribution is 2.29. The molecule has 6 heteroatoms. The molecule has 0 radical (unpaired) electrons. The standard InChI is InChI=1S/C32H39BrN2O3/c1-5-6-18-34-32(37)29(19-25-13-8-7-9-14-25)35(21-27-15-11-10-12-24(27)4)31(36)22-38-30-17-16-26(23(2)3)20-28(30)33/h7-17,20,23,29H,5-6,18-19,21-22H2,1-4H3,(H,34,37). The van der Waals surface area contributed by atoms with Gasteiger partial charge in [0.05, 0.1) is 4.47 Å². The number of carbonyl (C=O) groups excluding carboxylic acids is 2. The van der Waals surface area contributed by atoms with Crippen molar-refractivity contribution in [3.05, 3.63) is 99.5 Å². The summed E-state index contributed by atoms with van der Waals surface area (Å²) in [6, 6.07) is 23.1. The minimum Gasteiger partial charge on any atom is -0.483 e. The van der Waals surface area contributed by atoms with Crippen LogP contribution >= 0.6 is 15.9 Å². The summed E-state index contributed by atoms with van der Waals surface area (Å²) >= 11 is 3.58. The van der Waals surface area contributed by atoms with Gasteiger partial charge in [0.15, 0.2) is 6.61 Å². The van der Waals surface area contributed by atoms with E-state index in [-0.39, 0.29) is 18.4 Å². The van der Waals surface area contributed by atoms with Gasteiger partial charge in [-0.3, -0.25) is 9.59 Å². The second kappa shape index (κ2) is 14.7. The van der Waals surface area contributed by atoms with Gasteiger partial charge in [0.1, 0.15) is 11.8 Å². The lowest BCUT2D eigenvalue weighted by Gasteiger charge is -2.32. The van der Waals surface area contributed by atoms with E-state index in [1.54, 1.807) is 4.90 Å². The molecule has 0 spiro atoms. The lowest BCUT2D eigenvalue weighted by molar-refractivity contribution is -0.142. The number of nitrogens with one attached hydrogen (secondary N) is 1. The molecule has 5 nitrogen and oxygen atoms in total. The molecule has 3 rings (SSSR count). The molecule has 0 saturated carbocycles. The quantitative estimate of drug-likeness (QED) is 0.226. The zero-order chi connectivity index (χ0) is 27.5. The van der Waals surface area contributed by atoms with Gasteiger partial charge in [-0.15, -0.1) is 0 Å². The summed E-state index contributed by atoms with van der Waals surface area (Å²) in [7, 11) is 0. The van der Waals surface area contributed by atoms with Gasteiger partial charge in [-0.25, -0.2) is 0 Å². The molecule has 1 unspecified atom stereocenters. The molecule has 0 aliphatic rings. The van der Waals surface area contributed by atoms with Gasteiger partial charge in [0.2, 0.25) is 5.91 Å². The number of halogens is 1. The number of hydrogen-bond donors (Lipinski definition) is 1. The number of aryl methyl sites for hydroxylation is 1. The molecular formula is C32H39BrN2O3. The van der Waals surface area contributed by atoms with Crippen molar-refractivity contribution in [3.8, 4) is 5.75 Å². The van der Waals surface area contributed by atoms with Crippen LogP contribution in [0.2, 0.25) is 0 Å². The van der Waals surface area contributed by atoms with Crippen LogP contribution in [0.4, 0.5) is 0 Å². The van der Waals surface area contributed by atoms with Gasteiger partial charge in [0.25, 0.3) is 5.91 Å². The van der Waals surface area contributed by atoms with Crippen molar-refractivity contribution in [2.24, 2.45) is 0 Å². The van der Waals surface area contributed by atoms with Gasteiger partial charge in [-0.1, -0.05) is 87.9 Å². The van der Waals surface area contributed by atoms with E-state index in [4.69, 9.17) is 4.74 Å². The average Bonchev–Trinajstić information content (AvgIpc) is 2.91. The van der Waals surface area contributed by atoms with Crippen LogP contribution in [0, 0.1) is 6.92 Å². The van der Waals surface area contributed by atoms with Gasteiger partial charge < -0.3 is 15.0 Å². The fourth-order valence-electron chi connectivity index (χ4n) is 4.25. The number of hydrogen-bond acceptors (Lipinski definition) is 3. The molecule has 0 saturated heterocycles. The average molecular weight is 580 g/mol. The number of benzene rings is 3. The summed E-state index contributed by atoms with van der Waals surface area (Å²) in [6.45, 7) is 9.11. The van der Waals surface area contributed by atoms with Crippen LogP contribution < -0.4 is 10.1 Å². The third kappa shape index (κ3) is 8.45. The Kier molecular flexibility index (Phi) is 11.4. The number of amides is 2. The Balaban J connectivity index is 1.90. The molecule has 1 N–H and O–H groups in total. The lowest BCUT2D eigenvalue weighted by atomic mass is 10.0. The fourth-order valence-corrected chi connectivity index (χ4v) is 4.76. The van der Waals surface area contributed by atoms with Gasteiger partial charge >= 0.3 is 0 Å². The normalized spacial score (nSPS) is 11.7. The third-order valence-electron chi connectivity index (χ3n) is 6.68. The van der Waals surface area contributed by atoms with E-state index in [0.717, 1.165) is 34.0 Å². The minimum atomic E-state index is -0.670. The van der Waals surface area contributed by atoms with Crippen molar-refractivity contribution >= 4 is 27.7 Å². The second-order valence-electron chi connectivity index (χ2n) is 9.93. The van der Waals surface area contributed by atoms with Crippen LogP contribution in [0.3, 0.4) is 0 Å². The Morgan fingerprint density at radius 2 is 1.71 bits per heavy atom. The number of carbonyl (C=O) groups is 2. The molecule has 0 aromatic heterocycles. The Labute approximate surface area is 235 Å². The van der Waals surface area contributed by atoms with Crippen LogP contribution in [0.5, 0.6) is 5.75 Å². The predicted octanol–water partition coefficient (Wildman–Crippen LogP) is 6.82. The predicted molar refractivity (Wildman–Crippen MR) is 157 cm³/mol. The number of ether oxygens (including phenoxy) is 1. The van der Waals surface area contributed by atoms with Gasteiger partial charge in [-0.05, 0) is 69.6 Å². The molecule has 3 aromatic carbocycles. The maximum absolute atomic E-state index is 13.8. The second-order valence-corrected chi connectivity index (χ2v) is 10.8. The highest BCUT2D eigenvalue weighted by Gasteiger charge is 2.31. The molecular weight excluding hydrogens is 540 g/mol. The maximum atomic E-state index is 13.8. The van der Waals surface area contributed by atoms with E-state index in [0.29, 0.717) is 31.2 Å². The molecule has 3 aromatic rings. The van der Waals surface area contributed by atoms with Crippen molar-refractivity contribution in [2.45, 2.75) is 65.5 Å². The largest absolute Gasteiger partial charge is 0.483 e. The van der Waals surface area contributed by atoms with E-state index in [1.165, 1.54) is 5.56 Å². The number of rotatable bonds is 13. The number of unbranched alkanes of at least 4 members (excludes halogenated alkanes) is 1. The SMILES string of the molecule is CCCCNC(=O)C(Cc1ccccc1)N(Cc1ccccc1C)C(=O)COc1ccc(C(C)C)cc1Br. The zero-order valence-corrected chi connectivity index (χ0v) is 24.5. The third-order valence-corrected chi connectivity index (χ3v) is 7.30. The first-order valence-corrected chi connectivity index (χ1v) is 14.2. The van der Waals surface area contributed by atoms with Crippen molar-refractivity contribution in [2.75, 3.05) is 13.2 Å². The summed E-state index contributed by atoms with van der Waals surface area (Å²) in [5.41, 5.74) is 4.26. The molecule has 0 aliphatic carbocycles. The smallest absolute Gasteiger partial charge is 0.261 e. The molecule has 0 heterocycles. The fraction of sp³-hybridized carbons (Fsp3) is 0.375. The first-order valence-electron chi connectivity index (χ1n) is 13.4. The van der Waals surface area contributed by atoms with E-state index in [9.17, 15) is 9.59 Å². The minimum absolute atomic E-state index is 0.147. The monoisotopic (exact) mass is 578 g/mol. The van der Waals surface area contributed by atoms with Crippen molar-refractivity contribution in [1.29, 1.82) is 0 Å². The summed E-state index contributed by atoms with van der Waals surface area (Å²) < 4.78 is 6.80. The molecule has 0 bridgehead atoms. The molecule has 2 amide bonds. The first kappa shape index (κ1) is 29.4. The number of nitrogens with zero attached hydrogens (tertiary/aromatic N) is 1. The summed E-state index contributed by atoms with van der Waals surface area (Å²) in [5, 5.41) is 3.06. The Morgan fingerprint density at radius 1 is 1.00 bits per heavy atom. The lowest BCUT2D eigenvalue weighted by Crippen LogP contribution is -2.52. The van der Waals surface area contributed by atoms with E-state index in [1.807, 2.05) is 79.7 Å². The van der Waals surface area contributed by atoms with E-state index in [2.05, 4.69) is 42.0 Å². The molecule has 0 aliphatic heterocycles. The molecule has 0 fully saturated rings. The van der Waals surface area contributed by atoms with Crippen molar-refractivity contribution in [3.63, 3.8) is 0 Å². The Hall–Kier alpha value is -3.12. The molecule has 202 valence electrons. The Morgan fingerprint density at radius 3 is 2.37 bits per heavy atom. The van der Waals surface area contributed by atoms with Crippen molar-refractivity contribution in [1.82, 2.24) is 10.2 Å². The summed E-state index contributed by atoms with van der Waals surface area (Å²) in [4.78, 5) is 29.0. The topological polar surface area (TPSA) is 58.6 Å². The Bertz CT molecular complexity index is 1200. The highest BCUT2D eigenvalue weighted by atomic mass is 79.9. The van der Waals surface area contributed by atoms with Crippen LogP contribution in [-0.2, 0) is 22.6 Å². The molecule has 38 heavy (non-hydrogen) atoms. The zero-order valence-electron chi connectivity index (χ0n) is 22.9. The van der Waals surface area contributed by atoms with Gasteiger partial charge in [-0.2, -0.15) is 0 Å². The van der Waals surface area contributed by atoms with Crippen LogP contribution in [0.15, 0.2) is 77.3 Å². The molecule has 1 atom stereocenters. The van der Waals surface area contributed by atoms with Crippen molar-refractivity contribution < 1.29 is 14.3 Å². The van der Waals surface area contributed by atoms with E-state index < -0.39 is 6.04 Å². The summed E-state index contributed by atoms with van der Waals surface area (Å²) in [6.07, 6.45) is 2.29. The van der Waals surface area contributed by atoms with E-state index >= 15 is 0 Å².